The van der Waals surface area contributed by atoms with Crippen LogP contribution in [0.2, 0.25) is 0 Å². The number of piperidine rings is 1. The summed E-state index contributed by atoms with van der Waals surface area (Å²) >= 11 is 0. The lowest BCUT2D eigenvalue weighted by Gasteiger charge is -2.34. The summed E-state index contributed by atoms with van der Waals surface area (Å²) in [6.07, 6.45) is 9.16. The van der Waals surface area contributed by atoms with Crippen LogP contribution in [0, 0.1) is 0 Å². The summed E-state index contributed by atoms with van der Waals surface area (Å²) in [4.78, 5) is 16.9. The second-order valence-corrected chi connectivity index (χ2v) is 8.49. The number of nitrogens with zero attached hydrogens (tertiary/aromatic N) is 2. The fourth-order valence-electron chi connectivity index (χ4n) is 4.67. The van der Waals surface area contributed by atoms with E-state index in [-0.39, 0.29) is 18.3 Å². The fraction of sp³-hybridized carbons (Fsp3) is 0.696. The third-order valence-corrected chi connectivity index (χ3v) is 6.45. The maximum atomic E-state index is 12.6. The molecule has 2 heterocycles. The van der Waals surface area contributed by atoms with Crippen LogP contribution in [-0.4, -0.2) is 61.8 Å². The van der Waals surface area contributed by atoms with Gasteiger partial charge in [0.2, 0.25) is 0 Å². The summed E-state index contributed by atoms with van der Waals surface area (Å²) in [5.41, 5.74) is 0.989. The molecule has 1 unspecified atom stereocenters. The van der Waals surface area contributed by atoms with Crippen LogP contribution >= 0.6 is 0 Å². The standard InChI is InChI=1S/C23H34N2O4/c1-27-21-10-9-18(17-22(21)28-19-7-3-4-8-19)20-11-14-25(23(26)29-20)16-15-24-12-5-2-6-13-24/h9-10,17,19-20H,2-8,11-16H2,1H3. The Labute approximate surface area is 174 Å². The summed E-state index contributed by atoms with van der Waals surface area (Å²) in [7, 11) is 1.66. The first-order valence-electron chi connectivity index (χ1n) is 11.3. The van der Waals surface area contributed by atoms with Crippen molar-refractivity contribution in [3.8, 4) is 11.5 Å². The number of carbonyl (C=O) groups is 1. The van der Waals surface area contributed by atoms with E-state index < -0.39 is 0 Å². The Morgan fingerprint density at radius 1 is 0.966 bits per heavy atom. The molecule has 0 radical (unpaired) electrons. The van der Waals surface area contributed by atoms with Crippen molar-refractivity contribution < 1.29 is 19.0 Å². The minimum Gasteiger partial charge on any atom is -0.493 e. The predicted octanol–water partition coefficient (Wildman–Crippen LogP) is 4.39. The first kappa shape index (κ1) is 20.3. The van der Waals surface area contributed by atoms with Gasteiger partial charge in [-0.15, -0.1) is 0 Å². The van der Waals surface area contributed by atoms with Crippen LogP contribution in [0.4, 0.5) is 4.79 Å². The zero-order valence-corrected chi connectivity index (χ0v) is 17.6. The van der Waals surface area contributed by atoms with E-state index in [1.165, 1.54) is 32.1 Å². The highest BCUT2D eigenvalue weighted by Crippen LogP contribution is 2.36. The summed E-state index contributed by atoms with van der Waals surface area (Å²) in [5, 5.41) is 0. The number of methoxy groups -OCH3 is 1. The molecule has 1 aliphatic carbocycles. The first-order chi connectivity index (χ1) is 14.2. The fourth-order valence-corrected chi connectivity index (χ4v) is 4.67. The Balaban J connectivity index is 1.34. The summed E-state index contributed by atoms with van der Waals surface area (Å²) in [5.74, 6) is 1.51. The molecule has 160 valence electrons. The van der Waals surface area contributed by atoms with Gasteiger partial charge in [-0.25, -0.2) is 4.79 Å². The highest BCUT2D eigenvalue weighted by Gasteiger charge is 2.29. The second-order valence-electron chi connectivity index (χ2n) is 8.49. The van der Waals surface area contributed by atoms with Gasteiger partial charge in [0.05, 0.1) is 13.2 Å². The molecule has 3 aliphatic rings. The van der Waals surface area contributed by atoms with Gasteiger partial charge < -0.3 is 24.0 Å². The predicted molar refractivity (Wildman–Crippen MR) is 112 cm³/mol. The van der Waals surface area contributed by atoms with Gasteiger partial charge in [0.15, 0.2) is 11.5 Å². The third kappa shape index (κ3) is 5.16. The molecule has 0 spiro atoms. The summed E-state index contributed by atoms with van der Waals surface area (Å²) in [6, 6.07) is 5.91. The van der Waals surface area contributed by atoms with Gasteiger partial charge in [-0.1, -0.05) is 12.5 Å². The van der Waals surface area contributed by atoms with Crippen molar-refractivity contribution in [1.82, 2.24) is 9.80 Å². The Bertz CT molecular complexity index is 683. The number of benzene rings is 1. The Kier molecular flexibility index (Phi) is 6.80. The highest BCUT2D eigenvalue weighted by atomic mass is 16.6. The van der Waals surface area contributed by atoms with E-state index in [2.05, 4.69) is 4.90 Å². The molecule has 2 saturated heterocycles. The van der Waals surface area contributed by atoms with Crippen LogP contribution < -0.4 is 9.47 Å². The normalized spacial score (nSPS) is 23.8. The molecule has 29 heavy (non-hydrogen) atoms. The Morgan fingerprint density at radius 2 is 1.76 bits per heavy atom. The number of likely N-dealkylation sites (tertiary alicyclic amines) is 1. The van der Waals surface area contributed by atoms with Crippen LogP contribution in [0.3, 0.4) is 0 Å². The number of hydrogen-bond donors (Lipinski definition) is 0. The van der Waals surface area contributed by atoms with E-state index >= 15 is 0 Å². The molecule has 6 nitrogen and oxygen atoms in total. The minimum absolute atomic E-state index is 0.202. The van der Waals surface area contributed by atoms with E-state index in [9.17, 15) is 4.79 Å². The van der Waals surface area contributed by atoms with Crippen molar-refractivity contribution in [2.75, 3.05) is 39.8 Å². The van der Waals surface area contributed by atoms with Crippen molar-refractivity contribution >= 4 is 6.09 Å². The van der Waals surface area contributed by atoms with E-state index in [0.717, 1.165) is 69.0 Å². The van der Waals surface area contributed by atoms with Gasteiger partial charge in [-0.3, -0.25) is 0 Å². The molecule has 3 fully saturated rings. The minimum atomic E-state index is -0.217. The van der Waals surface area contributed by atoms with E-state index in [1.54, 1.807) is 7.11 Å². The molecular weight excluding hydrogens is 368 g/mol. The van der Waals surface area contributed by atoms with Gasteiger partial charge in [0.25, 0.3) is 0 Å². The Hall–Kier alpha value is -1.95. The summed E-state index contributed by atoms with van der Waals surface area (Å²) < 4.78 is 17.5. The monoisotopic (exact) mass is 402 g/mol. The van der Waals surface area contributed by atoms with Gasteiger partial charge in [-0.2, -0.15) is 0 Å². The second kappa shape index (κ2) is 9.70. The van der Waals surface area contributed by atoms with Crippen LogP contribution in [0.25, 0.3) is 0 Å². The molecule has 4 rings (SSSR count). The zero-order valence-electron chi connectivity index (χ0n) is 17.6. The van der Waals surface area contributed by atoms with Crippen molar-refractivity contribution in [2.24, 2.45) is 0 Å². The number of hydrogen-bond acceptors (Lipinski definition) is 5. The number of carbonyl (C=O) groups excluding carboxylic acids is 1. The molecular formula is C23H34N2O4. The van der Waals surface area contributed by atoms with Crippen molar-refractivity contribution in [2.45, 2.75) is 63.6 Å². The van der Waals surface area contributed by atoms with Gasteiger partial charge in [0, 0.05) is 26.1 Å². The quantitative estimate of drug-likeness (QED) is 0.677. The van der Waals surface area contributed by atoms with Crippen LogP contribution in [0.15, 0.2) is 18.2 Å². The summed E-state index contributed by atoms with van der Waals surface area (Å²) in [6.45, 7) is 4.75. The van der Waals surface area contributed by atoms with E-state index in [1.807, 2.05) is 23.1 Å². The average molecular weight is 403 g/mol. The topological polar surface area (TPSA) is 51.2 Å². The number of cyclic esters (lactones) is 1. The molecule has 0 bridgehead atoms. The molecule has 0 N–H and O–H groups in total. The number of rotatable bonds is 7. The number of ether oxygens (including phenoxy) is 3. The van der Waals surface area contributed by atoms with Crippen molar-refractivity contribution in [1.29, 1.82) is 0 Å². The average Bonchev–Trinajstić information content (AvgIpc) is 3.26. The molecule has 6 heteroatoms. The van der Waals surface area contributed by atoms with Crippen LogP contribution in [-0.2, 0) is 4.74 Å². The zero-order chi connectivity index (χ0) is 20.1. The highest BCUT2D eigenvalue weighted by molar-refractivity contribution is 5.69. The lowest BCUT2D eigenvalue weighted by Crippen LogP contribution is -2.44. The van der Waals surface area contributed by atoms with Gasteiger partial charge in [0.1, 0.15) is 6.10 Å². The molecule has 1 atom stereocenters. The smallest absolute Gasteiger partial charge is 0.410 e. The van der Waals surface area contributed by atoms with Gasteiger partial charge >= 0.3 is 6.09 Å². The molecule has 0 aromatic heterocycles. The van der Waals surface area contributed by atoms with Crippen molar-refractivity contribution in [3.63, 3.8) is 0 Å². The van der Waals surface area contributed by atoms with E-state index in [0.29, 0.717) is 0 Å². The lowest BCUT2D eigenvalue weighted by molar-refractivity contribution is 0.0207. The maximum absolute atomic E-state index is 12.6. The Morgan fingerprint density at radius 3 is 2.48 bits per heavy atom. The maximum Gasteiger partial charge on any atom is 0.410 e. The molecule has 1 saturated carbocycles. The third-order valence-electron chi connectivity index (χ3n) is 6.45. The molecule has 1 amide bonds. The largest absolute Gasteiger partial charge is 0.493 e. The van der Waals surface area contributed by atoms with E-state index in [4.69, 9.17) is 14.2 Å². The lowest BCUT2D eigenvalue weighted by atomic mass is 10.0. The first-order valence-corrected chi connectivity index (χ1v) is 11.3. The van der Waals surface area contributed by atoms with Crippen LogP contribution in [0.5, 0.6) is 11.5 Å². The SMILES string of the molecule is COc1ccc(C2CCN(CCN3CCCCC3)C(=O)O2)cc1OC1CCCC1. The van der Waals surface area contributed by atoms with Crippen LogP contribution in [0.1, 0.15) is 63.0 Å². The molecule has 1 aromatic carbocycles. The molecule has 2 aliphatic heterocycles. The van der Waals surface area contributed by atoms with Gasteiger partial charge in [-0.05, 0) is 69.3 Å². The number of amides is 1. The van der Waals surface area contributed by atoms with Crippen molar-refractivity contribution in [3.05, 3.63) is 23.8 Å². The molecule has 1 aromatic rings.